The minimum atomic E-state index is -1.01. The lowest BCUT2D eigenvalue weighted by Crippen LogP contribution is -2.54. The molecule has 2 aliphatic rings. The normalized spacial score (nSPS) is 15.4. The SMILES string of the molecule is COc1cc(-c2cn(C)c(=O)c3cnc(N(C)CCOCCOCCNc4ccc5c(c4)C(=O)N(C4CCC(=O)NC4=O)C5=O)cc23)cc(OC)c1CN(C)C. The summed E-state index contributed by atoms with van der Waals surface area (Å²) in [5.74, 6) is -0.102. The van der Waals surface area contributed by atoms with Crippen LogP contribution in [0.4, 0.5) is 11.5 Å². The van der Waals surface area contributed by atoms with Crippen molar-refractivity contribution in [1.29, 1.82) is 0 Å². The number of amides is 4. The predicted octanol–water partition coefficient (Wildman–Crippen LogP) is 2.66. The summed E-state index contributed by atoms with van der Waals surface area (Å²) in [7, 11) is 10.9. The van der Waals surface area contributed by atoms with E-state index in [9.17, 15) is 24.0 Å². The van der Waals surface area contributed by atoms with Crippen LogP contribution in [-0.2, 0) is 32.7 Å². The molecule has 4 heterocycles. The van der Waals surface area contributed by atoms with Gasteiger partial charge in [-0.2, -0.15) is 0 Å². The largest absolute Gasteiger partial charge is 0.496 e. The van der Waals surface area contributed by atoms with Gasteiger partial charge in [-0.15, -0.1) is 0 Å². The molecule has 2 aliphatic heterocycles. The Kier molecular flexibility index (Phi) is 12.3. The van der Waals surface area contributed by atoms with Gasteiger partial charge in [0.25, 0.3) is 17.4 Å². The number of hydrogen-bond donors (Lipinski definition) is 2. The second-order valence-corrected chi connectivity index (χ2v) is 13.9. The lowest BCUT2D eigenvalue weighted by Gasteiger charge is -2.27. The number of nitrogens with one attached hydrogen (secondary N) is 2. The van der Waals surface area contributed by atoms with Gasteiger partial charge in [-0.05, 0) is 62.5 Å². The number of nitrogens with zero attached hydrogens (tertiary/aromatic N) is 5. The number of carbonyl (C=O) groups excluding carboxylic acids is 4. The number of hydrogen-bond acceptors (Lipinski definition) is 13. The number of imide groups is 2. The van der Waals surface area contributed by atoms with Crippen molar-refractivity contribution in [2.24, 2.45) is 7.05 Å². The van der Waals surface area contributed by atoms with Crippen LogP contribution in [0.1, 0.15) is 39.1 Å². The number of fused-ring (bicyclic) bond motifs is 2. The molecule has 4 aromatic rings. The standard InChI is InChI=1S/C40H47N7O9/c1-44(2)22-31-33(53-5)17-24(18-34(31)54-6)30-23-46(4)38(50)29-21-42-35(20-27(29)30)45(3)12-14-56-16-15-55-13-11-41-25-7-8-26-28(19-25)40(52)47(39(26)51)32-9-10-36(48)43-37(32)49/h7-8,17-21,23,32,41H,9-16,22H2,1-6H3,(H,43,48,49). The fourth-order valence-electron chi connectivity index (χ4n) is 6.89. The van der Waals surface area contributed by atoms with Gasteiger partial charge in [-0.3, -0.25) is 34.2 Å². The summed E-state index contributed by atoms with van der Waals surface area (Å²) in [6.45, 7) is 3.14. The van der Waals surface area contributed by atoms with Crippen LogP contribution in [-0.4, -0.2) is 124 Å². The Balaban J connectivity index is 0.986. The number of carbonyl (C=O) groups is 4. The zero-order valence-electron chi connectivity index (χ0n) is 32.5. The summed E-state index contributed by atoms with van der Waals surface area (Å²) in [5, 5.41) is 6.64. The average Bonchev–Trinajstić information content (AvgIpc) is 3.42. The van der Waals surface area contributed by atoms with Crippen LogP contribution >= 0.6 is 0 Å². The lowest BCUT2D eigenvalue weighted by atomic mass is 9.98. The molecule has 2 aromatic heterocycles. The molecule has 0 spiro atoms. The quantitative estimate of drug-likeness (QED) is 0.119. The number of piperidine rings is 1. The van der Waals surface area contributed by atoms with E-state index in [1.54, 1.807) is 50.2 Å². The van der Waals surface area contributed by atoms with E-state index in [0.717, 1.165) is 27.0 Å². The zero-order chi connectivity index (χ0) is 40.1. The van der Waals surface area contributed by atoms with Crippen molar-refractivity contribution in [2.75, 3.05) is 85.1 Å². The van der Waals surface area contributed by atoms with E-state index in [4.69, 9.17) is 18.9 Å². The highest BCUT2D eigenvalue weighted by molar-refractivity contribution is 6.23. The average molecular weight is 770 g/mol. The van der Waals surface area contributed by atoms with Crippen molar-refractivity contribution in [3.63, 3.8) is 0 Å². The first-order chi connectivity index (χ1) is 26.9. The van der Waals surface area contributed by atoms with E-state index in [1.807, 2.05) is 55.3 Å². The molecule has 296 valence electrons. The highest BCUT2D eigenvalue weighted by atomic mass is 16.5. The summed E-state index contributed by atoms with van der Waals surface area (Å²) >= 11 is 0. The van der Waals surface area contributed by atoms with Crippen LogP contribution < -0.4 is 30.6 Å². The van der Waals surface area contributed by atoms with Gasteiger partial charge in [0.05, 0.1) is 62.7 Å². The van der Waals surface area contributed by atoms with Crippen molar-refractivity contribution in [1.82, 2.24) is 24.7 Å². The molecule has 0 aliphatic carbocycles. The molecular weight excluding hydrogens is 722 g/mol. The molecule has 1 saturated heterocycles. The van der Waals surface area contributed by atoms with Gasteiger partial charge in [0.1, 0.15) is 23.4 Å². The first-order valence-corrected chi connectivity index (χ1v) is 18.3. The zero-order valence-corrected chi connectivity index (χ0v) is 32.5. The number of aryl methyl sites for hydroxylation is 1. The van der Waals surface area contributed by atoms with Crippen LogP contribution in [0, 0.1) is 0 Å². The number of ether oxygens (including phenoxy) is 4. The molecule has 1 fully saturated rings. The van der Waals surface area contributed by atoms with Gasteiger partial charge in [-0.1, -0.05) is 0 Å². The van der Waals surface area contributed by atoms with Gasteiger partial charge < -0.3 is 38.6 Å². The second-order valence-electron chi connectivity index (χ2n) is 13.9. The summed E-state index contributed by atoms with van der Waals surface area (Å²) in [4.78, 5) is 72.5. The fraction of sp³-hybridized carbons (Fsp3) is 0.400. The van der Waals surface area contributed by atoms with E-state index < -0.39 is 29.7 Å². The predicted molar refractivity (Wildman–Crippen MR) is 209 cm³/mol. The molecule has 2 N–H and O–H groups in total. The van der Waals surface area contributed by atoms with Gasteiger partial charge in [0.2, 0.25) is 11.8 Å². The molecule has 1 atom stereocenters. The highest BCUT2D eigenvalue weighted by Crippen LogP contribution is 2.38. The topological polar surface area (TPSA) is 174 Å². The third kappa shape index (κ3) is 8.36. The Morgan fingerprint density at radius 3 is 2.23 bits per heavy atom. The minimum absolute atomic E-state index is 0.0639. The number of likely N-dealkylation sites (N-methyl/N-ethyl adjacent to an activating group) is 1. The molecule has 0 bridgehead atoms. The van der Waals surface area contributed by atoms with Crippen LogP contribution in [0.25, 0.3) is 21.9 Å². The maximum atomic E-state index is 13.1. The Morgan fingerprint density at radius 2 is 1.55 bits per heavy atom. The molecule has 16 nitrogen and oxygen atoms in total. The maximum absolute atomic E-state index is 13.1. The molecule has 0 radical (unpaired) electrons. The first kappa shape index (κ1) is 39.8. The van der Waals surface area contributed by atoms with Gasteiger partial charge >= 0.3 is 0 Å². The molecule has 2 aromatic carbocycles. The third-order valence-corrected chi connectivity index (χ3v) is 9.80. The van der Waals surface area contributed by atoms with Crippen LogP contribution in [0.2, 0.25) is 0 Å². The second kappa shape index (κ2) is 17.3. The van der Waals surface area contributed by atoms with Crippen molar-refractivity contribution in [2.45, 2.75) is 25.4 Å². The smallest absolute Gasteiger partial charge is 0.262 e. The van der Waals surface area contributed by atoms with Crippen LogP contribution in [0.15, 0.2) is 53.6 Å². The Morgan fingerprint density at radius 1 is 0.857 bits per heavy atom. The van der Waals surface area contributed by atoms with E-state index in [1.165, 1.54) is 0 Å². The van der Waals surface area contributed by atoms with Crippen molar-refractivity contribution < 1.29 is 38.1 Å². The molecule has 0 saturated carbocycles. The fourth-order valence-corrected chi connectivity index (χ4v) is 6.89. The number of pyridine rings is 2. The molecule has 4 amide bonds. The third-order valence-electron chi connectivity index (χ3n) is 9.80. The Hall–Kier alpha value is -5.84. The van der Waals surface area contributed by atoms with Gasteiger partial charge in [0.15, 0.2) is 0 Å². The monoisotopic (exact) mass is 769 g/mol. The molecular formula is C40H47N7O9. The highest BCUT2D eigenvalue weighted by Gasteiger charge is 2.44. The summed E-state index contributed by atoms with van der Waals surface area (Å²) in [5.41, 5.74) is 3.52. The van der Waals surface area contributed by atoms with Crippen LogP contribution in [0.3, 0.4) is 0 Å². The summed E-state index contributed by atoms with van der Waals surface area (Å²) < 4.78 is 24.6. The summed E-state index contributed by atoms with van der Waals surface area (Å²) in [6.07, 6.45) is 3.60. The van der Waals surface area contributed by atoms with E-state index in [2.05, 4.69) is 15.6 Å². The van der Waals surface area contributed by atoms with Crippen LogP contribution in [0.5, 0.6) is 11.5 Å². The van der Waals surface area contributed by atoms with E-state index in [-0.39, 0.29) is 29.5 Å². The number of aromatic nitrogens is 2. The van der Waals surface area contributed by atoms with Gasteiger partial charge in [-0.25, -0.2) is 4.98 Å². The number of methoxy groups -OCH3 is 2. The van der Waals surface area contributed by atoms with Gasteiger partial charge in [0, 0.05) is 69.2 Å². The molecule has 56 heavy (non-hydrogen) atoms. The lowest BCUT2D eigenvalue weighted by molar-refractivity contribution is -0.136. The number of benzene rings is 2. The first-order valence-electron chi connectivity index (χ1n) is 18.3. The Labute approximate surface area is 324 Å². The molecule has 16 heteroatoms. The van der Waals surface area contributed by atoms with Crippen molar-refractivity contribution in [3.8, 4) is 22.6 Å². The maximum Gasteiger partial charge on any atom is 0.262 e. The minimum Gasteiger partial charge on any atom is -0.496 e. The number of rotatable bonds is 17. The molecule has 1 unspecified atom stereocenters. The molecule has 6 rings (SSSR count). The van der Waals surface area contributed by atoms with E-state index in [0.29, 0.717) is 74.5 Å². The van der Waals surface area contributed by atoms with Crippen molar-refractivity contribution in [3.05, 3.63) is 75.8 Å². The van der Waals surface area contributed by atoms with E-state index >= 15 is 0 Å². The van der Waals surface area contributed by atoms with Crippen molar-refractivity contribution >= 4 is 45.9 Å². The number of anilines is 2. The summed E-state index contributed by atoms with van der Waals surface area (Å²) in [6, 6.07) is 9.68. The Bertz CT molecular complexity index is 2200.